The minimum atomic E-state index is -1.08. The number of nitrogens with one attached hydrogen (secondary N) is 2. The van der Waals surface area contributed by atoms with Crippen molar-refractivity contribution in [3.8, 4) is 0 Å². The molecule has 2 rings (SSSR count). The molecular formula is C15H20N2O4. The van der Waals surface area contributed by atoms with Gasteiger partial charge in [-0.25, -0.2) is 4.79 Å². The van der Waals surface area contributed by atoms with E-state index in [0.29, 0.717) is 6.54 Å². The van der Waals surface area contributed by atoms with E-state index >= 15 is 0 Å². The highest BCUT2D eigenvalue weighted by molar-refractivity contribution is 5.79. The monoisotopic (exact) mass is 292 g/mol. The molecule has 0 saturated carbocycles. The fourth-order valence-electron chi connectivity index (χ4n) is 2.28. The van der Waals surface area contributed by atoms with Crippen LogP contribution in [0.5, 0.6) is 0 Å². The Labute approximate surface area is 123 Å². The van der Waals surface area contributed by atoms with Gasteiger partial charge in [0.15, 0.2) is 0 Å². The van der Waals surface area contributed by atoms with Crippen LogP contribution in [0.1, 0.15) is 18.1 Å². The molecule has 1 aliphatic heterocycles. The predicted molar refractivity (Wildman–Crippen MR) is 76.9 cm³/mol. The lowest BCUT2D eigenvalue weighted by molar-refractivity contribution is -0.148. The van der Waals surface area contributed by atoms with E-state index in [9.17, 15) is 14.7 Å². The topological polar surface area (TPSA) is 87.7 Å². The Kier molecular flexibility index (Phi) is 4.47. The lowest BCUT2D eigenvalue weighted by Gasteiger charge is -2.25. The van der Waals surface area contributed by atoms with Crippen molar-refractivity contribution in [3.63, 3.8) is 0 Å². The molecule has 0 aliphatic carbocycles. The molecule has 2 unspecified atom stereocenters. The number of carbonyl (C=O) groups excluding carboxylic acids is 1. The molecule has 1 fully saturated rings. The second kappa shape index (κ2) is 6.13. The number of ether oxygens (including phenoxy) is 1. The molecule has 6 heteroatoms. The van der Waals surface area contributed by atoms with Gasteiger partial charge in [-0.05, 0) is 25.0 Å². The first-order valence-corrected chi connectivity index (χ1v) is 6.83. The van der Waals surface area contributed by atoms with E-state index in [2.05, 4.69) is 10.6 Å². The Morgan fingerprint density at radius 3 is 2.81 bits per heavy atom. The number of rotatable bonds is 4. The molecule has 0 radical (unpaired) electrons. The quantitative estimate of drug-likeness (QED) is 0.780. The van der Waals surface area contributed by atoms with Crippen molar-refractivity contribution < 1.29 is 19.4 Å². The third kappa shape index (κ3) is 3.33. The molecule has 114 valence electrons. The number of carboxylic acids is 1. The van der Waals surface area contributed by atoms with Crippen LogP contribution in [0.25, 0.3) is 0 Å². The fraction of sp³-hybridized carbons (Fsp3) is 0.467. The first kappa shape index (κ1) is 15.3. The molecule has 0 bridgehead atoms. The van der Waals surface area contributed by atoms with Crippen LogP contribution >= 0.6 is 0 Å². The number of carbonyl (C=O) groups is 2. The highest BCUT2D eigenvalue weighted by Gasteiger charge is 2.47. The standard InChI is InChI=1S/C15H20N2O4/c1-10-5-3-4-6-11(10)7-16-14(20)17-12-8-21-9-15(12,2)13(18)19/h3-6,12H,7-9H2,1-2H3,(H,18,19)(H2,16,17,20). The molecule has 0 aromatic heterocycles. The van der Waals surface area contributed by atoms with Crippen LogP contribution in [0.2, 0.25) is 0 Å². The maximum Gasteiger partial charge on any atom is 0.315 e. The zero-order chi connectivity index (χ0) is 15.5. The van der Waals surface area contributed by atoms with Crippen LogP contribution in [0.3, 0.4) is 0 Å². The molecule has 1 saturated heterocycles. The van der Waals surface area contributed by atoms with Crippen LogP contribution < -0.4 is 10.6 Å². The molecule has 21 heavy (non-hydrogen) atoms. The van der Waals surface area contributed by atoms with Gasteiger partial charge in [0, 0.05) is 6.54 Å². The van der Waals surface area contributed by atoms with Gasteiger partial charge in [0.05, 0.1) is 19.3 Å². The number of urea groups is 1. The number of benzene rings is 1. The Morgan fingerprint density at radius 1 is 1.43 bits per heavy atom. The number of carboxylic acid groups (broad SMARTS) is 1. The molecule has 2 amide bonds. The summed E-state index contributed by atoms with van der Waals surface area (Å²) >= 11 is 0. The van der Waals surface area contributed by atoms with Crippen LogP contribution in [0.4, 0.5) is 4.79 Å². The summed E-state index contributed by atoms with van der Waals surface area (Å²) in [4.78, 5) is 23.2. The average molecular weight is 292 g/mol. The van der Waals surface area contributed by atoms with Crippen LogP contribution in [-0.4, -0.2) is 36.4 Å². The van der Waals surface area contributed by atoms with E-state index in [1.54, 1.807) is 6.92 Å². The second-order valence-corrected chi connectivity index (χ2v) is 5.54. The SMILES string of the molecule is Cc1ccccc1CNC(=O)NC1COCC1(C)C(=O)O. The third-order valence-corrected chi connectivity index (χ3v) is 3.95. The maximum atomic E-state index is 11.9. The van der Waals surface area contributed by atoms with Crippen molar-refractivity contribution in [2.45, 2.75) is 26.4 Å². The van der Waals surface area contributed by atoms with E-state index in [1.165, 1.54) is 0 Å². The Balaban J connectivity index is 1.90. The van der Waals surface area contributed by atoms with Gasteiger partial charge in [-0.3, -0.25) is 4.79 Å². The van der Waals surface area contributed by atoms with E-state index < -0.39 is 17.4 Å². The van der Waals surface area contributed by atoms with Gasteiger partial charge in [-0.2, -0.15) is 0 Å². The van der Waals surface area contributed by atoms with Crippen molar-refractivity contribution in [1.29, 1.82) is 0 Å². The molecular weight excluding hydrogens is 272 g/mol. The Bertz CT molecular complexity index is 546. The molecule has 0 spiro atoms. The predicted octanol–water partition coefficient (Wildman–Crippen LogP) is 1.28. The van der Waals surface area contributed by atoms with Gasteiger partial charge >= 0.3 is 12.0 Å². The summed E-state index contributed by atoms with van der Waals surface area (Å²) < 4.78 is 5.19. The molecule has 2 atom stereocenters. The molecule has 1 aliphatic rings. The first-order valence-electron chi connectivity index (χ1n) is 6.83. The van der Waals surface area contributed by atoms with E-state index in [1.807, 2.05) is 31.2 Å². The summed E-state index contributed by atoms with van der Waals surface area (Å²) in [5, 5.41) is 14.7. The highest BCUT2D eigenvalue weighted by Crippen LogP contribution is 2.28. The Hall–Kier alpha value is -2.08. The van der Waals surface area contributed by atoms with Crippen molar-refractivity contribution in [3.05, 3.63) is 35.4 Å². The number of amides is 2. The van der Waals surface area contributed by atoms with Gasteiger partial charge in [0.1, 0.15) is 5.41 Å². The molecule has 3 N–H and O–H groups in total. The lowest BCUT2D eigenvalue weighted by atomic mass is 9.85. The van der Waals surface area contributed by atoms with Gasteiger partial charge in [-0.1, -0.05) is 24.3 Å². The maximum absolute atomic E-state index is 11.9. The molecule has 6 nitrogen and oxygen atoms in total. The summed E-state index contributed by atoms with van der Waals surface area (Å²) in [6, 6.07) is 6.84. The Morgan fingerprint density at radius 2 is 2.14 bits per heavy atom. The molecule has 1 heterocycles. The van der Waals surface area contributed by atoms with Crippen molar-refractivity contribution in [2.24, 2.45) is 5.41 Å². The summed E-state index contributed by atoms with van der Waals surface area (Å²) in [6.07, 6.45) is 0. The van der Waals surface area contributed by atoms with Crippen LogP contribution in [-0.2, 0) is 16.1 Å². The smallest absolute Gasteiger partial charge is 0.315 e. The van der Waals surface area contributed by atoms with Crippen molar-refractivity contribution in [2.75, 3.05) is 13.2 Å². The zero-order valence-corrected chi connectivity index (χ0v) is 12.2. The van der Waals surface area contributed by atoms with Crippen molar-refractivity contribution >= 4 is 12.0 Å². The van der Waals surface area contributed by atoms with E-state index in [-0.39, 0.29) is 19.2 Å². The van der Waals surface area contributed by atoms with Crippen LogP contribution in [0.15, 0.2) is 24.3 Å². The number of aliphatic carboxylic acids is 1. The normalized spacial score (nSPS) is 24.6. The van der Waals surface area contributed by atoms with Crippen molar-refractivity contribution in [1.82, 2.24) is 10.6 Å². The number of aryl methyl sites for hydroxylation is 1. The highest BCUT2D eigenvalue weighted by atomic mass is 16.5. The summed E-state index contributed by atoms with van der Waals surface area (Å²) in [6.45, 7) is 4.26. The van der Waals surface area contributed by atoms with Gasteiger partial charge in [0.25, 0.3) is 0 Å². The summed E-state index contributed by atoms with van der Waals surface area (Å²) in [7, 11) is 0. The third-order valence-electron chi connectivity index (χ3n) is 3.95. The zero-order valence-electron chi connectivity index (χ0n) is 12.2. The minimum Gasteiger partial charge on any atom is -0.481 e. The van der Waals surface area contributed by atoms with E-state index in [4.69, 9.17) is 4.74 Å². The summed E-state index contributed by atoms with van der Waals surface area (Å²) in [5.41, 5.74) is 1.04. The minimum absolute atomic E-state index is 0.102. The van der Waals surface area contributed by atoms with Crippen LogP contribution in [0, 0.1) is 12.3 Å². The van der Waals surface area contributed by atoms with Gasteiger partial charge < -0.3 is 20.5 Å². The van der Waals surface area contributed by atoms with Gasteiger partial charge in [-0.15, -0.1) is 0 Å². The van der Waals surface area contributed by atoms with Gasteiger partial charge in [0.2, 0.25) is 0 Å². The average Bonchev–Trinajstić information content (AvgIpc) is 2.81. The number of hydrogen-bond donors (Lipinski definition) is 3. The second-order valence-electron chi connectivity index (χ2n) is 5.54. The molecule has 1 aromatic carbocycles. The van der Waals surface area contributed by atoms with E-state index in [0.717, 1.165) is 11.1 Å². The fourth-order valence-corrected chi connectivity index (χ4v) is 2.28. The molecule has 1 aromatic rings. The largest absolute Gasteiger partial charge is 0.481 e. The summed E-state index contributed by atoms with van der Waals surface area (Å²) in [5.74, 6) is -0.968. The lowest BCUT2D eigenvalue weighted by Crippen LogP contribution is -2.52. The number of hydrogen-bond acceptors (Lipinski definition) is 3. The first-order chi connectivity index (χ1) is 9.93.